The van der Waals surface area contributed by atoms with Crippen LogP contribution in [0.5, 0.6) is 0 Å². The molecular formula is C20H28O4. The molecule has 1 aliphatic heterocycles. The molecule has 4 heteroatoms. The molecule has 0 spiro atoms. The highest BCUT2D eigenvalue weighted by molar-refractivity contribution is 6.07. The predicted molar refractivity (Wildman–Crippen MR) is 91.4 cm³/mol. The van der Waals surface area contributed by atoms with Gasteiger partial charge in [0.2, 0.25) is 0 Å². The van der Waals surface area contributed by atoms with Crippen molar-refractivity contribution in [3.05, 3.63) is 23.8 Å². The number of allylic oxidation sites excluding steroid dienone is 2. The number of hydrogen-bond acceptors (Lipinski definition) is 4. The molecule has 3 rings (SSSR count). The van der Waals surface area contributed by atoms with E-state index in [0.29, 0.717) is 19.6 Å². The van der Waals surface area contributed by atoms with Crippen molar-refractivity contribution in [2.45, 2.75) is 59.2 Å². The Kier molecular flexibility index (Phi) is 4.56. The number of rotatable bonds is 5. The fraction of sp³-hybridized carbons (Fsp3) is 0.700. The second-order valence-corrected chi connectivity index (χ2v) is 7.93. The van der Waals surface area contributed by atoms with Crippen LogP contribution in [0.3, 0.4) is 0 Å². The van der Waals surface area contributed by atoms with E-state index in [2.05, 4.69) is 13.5 Å². The Morgan fingerprint density at radius 1 is 1.33 bits per heavy atom. The summed E-state index contributed by atoms with van der Waals surface area (Å²) < 4.78 is 11.3. The van der Waals surface area contributed by atoms with Crippen LogP contribution in [0, 0.1) is 16.7 Å². The van der Waals surface area contributed by atoms with E-state index in [-0.39, 0.29) is 23.9 Å². The van der Waals surface area contributed by atoms with E-state index in [4.69, 9.17) is 9.47 Å². The van der Waals surface area contributed by atoms with Crippen LogP contribution in [0.2, 0.25) is 0 Å². The van der Waals surface area contributed by atoms with Crippen molar-refractivity contribution >= 4 is 11.6 Å². The largest absolute Gasteiger partial charge is 0.349 e. The van der Waals surface area contributed by atoms with Gasteiger partial charge in [-0.15, -0.1) is 6.58 Å². The zero-order valence-corrected chi connectivity index (χ0v) is 15.0. The molecule has 1 heterocycles. The average Bonchev–Trinajstić information content (AvgIpc) is 3.21. The number of ketones is 2. The van der Waals surface area contributed by atoms with Crippen molar-refractivity contribution in [3.63, 3.8) is 0 Å². The van der Waals surface area contributed by atoms with Gasteiger partial charge in [-0.3, -0.25) is 9.59 Å². The molecule has 3 aliphatic rings. The van der Waals surface area contributed by atoms with Gasteiger partial charge in [-0.2, -0.15) is 0 Å². The third-order valence-corrected chi connectivity index (χ3v) is 6.42. The van der Waals surface area contributed by atoms with Gasteiger partial charge in [0.1, 0.15) is 5.78 Å². The molecule has 24 heavy (non-hydrogen) atoms. The number of hydrogen-bond donors (Lipinski definition) is 0. The van der Waals surface area contributed by atoms with Crippen LogP contribution in [-0.2, 0) is 19.1 Å². The van der Waals surface area contributed by atoms with Crippen LogP contribution in [0.4, 0.5) is 0 Å². The zero-order valence-electron chi connectivity index (χ0n) is 15.0. The van der Waals surface area contributed by atoms with Gasteiger partial charge in [0.05, 0.1) is 18.6 Å². The Bertz CT molecular complexity index is 599. The molecule has 0 amide bonds. The zero-order chi connectivity index (χ0) is 17.5. The van der Waals surface area contributed by atoms with E-state index in [1.807, 2.05) is 13.8 Å². The Labute approximate surface area is 144 Å². The van der Waals surface area contributed by atoms with Crippen LogP contribution >= 0.6 is 0 Å². The van der Waals surface area contributed by atoms with E-state index in [0.717, 1.165) is 24.8 Å². The number of carbonyl (C=O) groups is 2. The molecule has 0 saturated carbocycles. The first kappa shape index (κ1) is 17.6. The molecular weight excluding hydrogens is 304 g/mol. The maximum atomic E-state index is 13.4. The Morgan fingerprint density at radius 3 is 2.62 bits per heavy atom. The number of ether oxygens (including phenoxy) is 2. The second kappa shape index (κ2) is 6.23. The average molecular weight is 332 g/mol. The van der Waals surface area contributed by atoms with Gasteiger partial charge in [-0.25, -0.2) is 0 Å². The quantitative estimate of drug-likeness (QED) is 0.722. The fourth-order valence-corrected chi connectivity index (χ4v) is 4.48. The summed E-state index contributed by atoms with van der Waals surface area (Å²) in [6.45, 7) is 11.0. The highest BCUT2D eigenvalue weighted by Gasteiger charge is 2.51. The number of carbonyl (C=O) groups excluding carboxylic acids is 2. The van der Waals surface area contributed by atoms with Gasteiger partial charge < -0.3 is 9.47 Å². The fourth-order valence-electron chi connectivity index (χ4n) is 4.48. The molecule has 0 aromatic rings. The lowest BCUT2D eigenvalue weighted by Crippen LogP contribution is -2.44. The predicted octanol–water partition coefficient (Wildman–Crippen LogP) is 3.61. The maximum absolute atomic E-state index is 13.4. The molecule has 132 valence electrons. The lowest BCUT2D eigenvalue weighted by Gasteiger charge is -2.42. The topological polar surface area (TPSA) is 52.6 Å². The summed E-state index contributed by atoms with van der Waals surface area (Å²) in [6, 6.07) is 0. The molecule has 0 N–H and O–H groups in total. The molecule has 0 aromatic heterocycles. The van der Waals surface area contributed by atoms with E-state index in [9.17, 15) is 9.59 Å². The Morgan fingerprint density at radius 2 is 2.00 bits per heavy atom. The summed E-state index contributed by atoms with van der Waals surface area (Å²) >= 11 is 0. The maximum Gasteiger partial charge on any atom is 0.166 e. The minimum absolute atomic E-state index is 0.110. The molecule has 0 aromatic carbocycles. The SMILES string of the molecule is C=C[C@](C)(CC(=O)[C@@]1(C)C2=C(CCC2=O)CC[C@H]1C)C1OCCO1. The molecule has 1 saturated heterocycles. The van der Waals surface area contributed by atoms with Crippen molar-refractivity contribution < 1.29 is 19.1 Å². The van der Waals surface area contributed by atoms with Crippen molar-refractivity contribution in [1.82, 2.24) is 0 Å². The van der Waals surface area contributed by atoms with E-state index < -0.39 is 17.1 Å². The first-order valence-electron chi connectivity index (χ1n) is 8.98. The summed E-state index contributed by atoms with van der Waals surface area (Å²) in [4.78, 5) is 25.9. The van der Waals surface area contributed by atoms with Crippen molar-refractivity contribution in [2.75, 3.05) is 13.2 Å². The minimum Gasteiger partial charge on any atom is -0.349 e. The van der Waals surface area contributed by atoms with Crippen molar-refractivity contribution in [1.29, 1.82) is 0 Å². The van der Waals surface area contributed by atoms with E-state index in [1.54, 1.807) is 6.08 Å². The van der Waals surface area contributed by atoms with Gasteiger partial charge in [-0.05, 0) is 32.1 Å². The molecule has 4 nitrogen and oxygen atoms in total. The smallest absolute Gasteiger partial charge is 0.166 e. The standard InChI is InChI=1S/C20H28O4/c1-5-19(3,18-23-10-11-24-18)12-16(22)20(4)13(2)6-7-14-8-9-15(21)17(14)20/h5,13,18H,1,6-12H2,2-4H3/t13-,19-,20+/m1/s1. The van der Waals surface area contributed by atoms with Gasteiger partial charge in [0.15, 0.2) is 12.1 Å². The Hall–Kier alpha value is -1.26. The monoisotopic (exact) mass is 332 g/mol. The van der Waals surface area contributed by atoms with Gasteiger partial charge >= 0.3 is 0 Å². The van der Waals surface area contributed by atoms with E-state index >= 15 is 0 Å². The number of Topliss-reactive ketones (excluding diaryl/α,β-unsaturated/α-hetero) is 2. The summed E-state index contributed by atoms with van der Waals surface area (Å²) in [7, 11) is 0. The van der Waals surface area contributed by atoms with Crippen LogP contribution in [0.1, 0.15) is 52.9 Å². The van der Waals surface area contributed by atoms with Crippen molar-refractivity contribution in [3.8, 4) is 0 Å². The van der Waals surface area contributed by atoms with Crippen LogP contribution in [0.15, 0.2) is 23.8 Å². The van der Waals surface area contributed by atoms with Gasteiger partial charge in [0.25, 0.3) is 0 Å². The summed E-state index contributed by atoms with van der Waals surface area (Å²) in [5.74, 6) is 0.449. The molecule has 3 atom stereocenters. The van der Waals surface area contributed by atoms with Gasteiger partial charge in [-0.1, -0.05) is 25.5 Å². The first-order valence-corrected chi connectivity index (χ1v) is 8.98. The summed E-state index contributed by atoms with van der Waals surface area (Å²) in [6.07, 6.45) is 4.93. The van der Waals surface area contributed by atoms with Crippen LogP contribution < -0.4 is 0 Å². The molecule has 1 fully saturated rings. The summed E-state index contributed by atoms with van der Waals surface area (Å²) in [5.41, 5.74) is 0.758. The summed E-state index contributed by atoms with van der Waals surface area (Å²) in [5, 5.41) is 0. The molecule has 2 aliphatic carbocycles. The van der Waals surface area contributed by atoms with Crippen LogP contribution in [0.25, 0.3) is 0 Å². The second-order valence-electron chi connectivity index (χ2n) is 7.93. The third-order valence-electron chi connectivity index (χ3n) is 6.42. The Balaban J connectivity index is 1.90. The minimum atomic E-state index is -0.690. The first-order chi connectivity index (χ1) is 11.3. The lowest BCUT2D eigenvalue weighted by atomic mass is 9.60. The normalized spacial score (nSPS) is 33.5. The third kappa shape index (κ3) is 2.60. The molecule has 0 unspecified atom stereocenters. The van der Waals surface area contributed by atoms with Crippen molar-refractivity contribution in [2.24, 2.45) is 16.7 Å². The molecule has 0 radical (unpaired) electrons. The highest BCUT2D eigenvalue weighted by Crippen LogP contribution is 2.52. The van der Waals surface area contributed by atoms with Crippen LogP contribution in [-0.4, -0.2) is 31.1 Å². The highest BCUT2D eigenvalue weighted by atomic mass is 16.7. The van der Waals surface area contributed by atoms with Gasteiger partial charge in [0, 0.05) is 23.8 Å². The molecule has 0 bridgehead atoms. The van der Waals surface area contributed by atoms with E-state index in [1.165, 1.54) is 5.57 Å². The lowest BCUT2D eigenvalue weighted by molar-refractivity contribution is -0.143.